The van der Waals surface area contributed by atoms with Crippen molar-refractivity contribution in [2.45, 2.75) is 6.04 Å². The van der Waals surface area contributed by atoms with Gasteiger partial charge in [-0.1, -0.05) is 24.3 Å². The van der Waals surface area contributed by atoms with Gasteiger partial charge in [0.05, 0.1) is 6.04 Å². The average Bonchev–Trinajstić information content (AvgIpc) is 2.96. The Kier molecular flexibility index (Phi) is 4.53. The van der Waals surface area contributed by atoms with E-state index in [-0.39, 0.29) is 0 Å². The lowest BCUT2D eigenvalue weighted by molar-refractivity contribution is 0.200. The van der Waals surface area contributed by atoms with Crippen LogP contribution >= 0.6 is 33.9 Å². The SMILES string of the molecule is Ic1ccccc1[C@H](c1cccs1)N1CCNCC1. The molecule has 2 aromatic rings. The molecule has 0 radical (unpaired) electrons. The molecule has 0 saturated carbocycles. The molecule has 1 saturated heterocycles. The van der Waals surface area contributed by atoms with Gasteiger partial charge in [0.15, 0.2) is 0 Å². The molecule has 1 fully saturated rings. The summed E-state index contributed by atoms with van der Waals surface area (Å²) in [5.74, 6) is 0. The zero-order chi connectivity index (χ0) is 13.1. The zero-order valence-corrected chi connectivity index (χ0v) is 13.7. The summed E-state index contributed by atoms with van der Waals surface area (Å²) in [7, 11) is 0. The van der Waals surface area contributed by atoms with Crippen LogP contribution in [0.1, 0.15) is 16.5 Å². The van der Waals surface area contributed by atoms with Crippen LogP contribution in [0.15, 0.2) is 41.8 Å². The first-order valence-corrected chi connectivity index (χ1v) is 8.55. The van der Waals surface area contributed by atoms with Crippen LogP contribution in [0.3, 0.4) is 0 Å². The molecule has 3 rings (SSSR count). The molecule has 100 valence electrons. The minimum Gasteiger partial charge on any atom is -0.314 e. The van der Waals surface area contributed by atoms with E-state index in [4.69, 9.17) is 0 Å². The van der Waals surface area contributed by atoms with Crippen molar-refractivity contribution in [3.05, 3.63) is 55.8 Å². The van der Waals surface area contributed by atoms with E-state index in [1.54, 1.807) is 0 Å². The van der Waals surface area contributed by atoms with Gasteiger partial charge in [0.25, 0.3) is 0 Å². The van der Waals surface area contributed by atoms with Crippen LogP contribution in [0.25, 0.3) is 0 Å². The maximum atomic E-state index is 3.44. The van der Waals surface area contributed by atoms with Gasteiger partial charge in [-0.2, -0.15) is 0 Å². The smallest absolute Gasteiger partial charge is 0.0707 e. The third kappa shape index (κ3) is 3.02. The van der Waals surface area contributed by atoms with Crippen molar-refractivity contribution >= 4 is 33.9 Å². The number of hydrogen-bond donors (Lipinski definition) is 1. The number of halogens is 1. The Hall–Kier alpha value is -0.430. The molecule has 1 atom stereocenters. The number of nitrogens with one attached hydrogen (secondary N) is 1. The Morgan fingerprint density at radius 1 is 1.11 bits per heavy atom. The van der Waals surface area contributed by atoms with Crippen LogP contribution < -0.4 is 5.32 Å². The second kappa shape index (κ2) is 6.35. The Labute approximate surface area is 132 Å². The first kappa shape index (κ1) is 13.5. The lowest BCUT2D eigenvalue weighted by Gasteiger charge is -2.35. The van der Waals surface area contributed by atoms with E-state index in [1.165, 1.54) is 14.0 Å². The van der Waals surface area contributed by atoms with Crippen LogP contribution in [-0.4, -0.2) is 31.1 Å². The first-order chi connectivity index (χ1) is 9.36. The fourth-order valence-electron chi connectivity index (χ4n) is 2.61. The molecular formula is C15H17IN2S. The van der Waals surface area contributed by atoms with E-state index in [0.29, 0.717) is 6.04 Å². The van der Waals surface area contributed by atoms with Crippen molar-refractivity contribution in [3.8, 4) is 0 Å². The molecule has 0 spiro atoms. The third-order valence-electron chi connectivity index (χ3n) is 3.53. The fraction of sp³-hybridized carbons (Fsp3) is 0.333. The zero-order valence-electron chi connectivity index (χ0n) is 10.7. The fourth-order valence-corrected chi connectivity index (χ4v) is 4.17. The Balaban J connectivity index is 1.99. The molecule has 2 nitrogen and oxygen atoms in total. The van der Waals surface area contributed by atoms with Gasteiger partial charge in [-0.3, -0.25) is 4.90 Å². The molecule has 2 heterocycles. The molecule has 1 aromatic heterocycles. The minimum atomic E-state index is 0.412. The molecule has 19 heavy (non-hydrogen) atoms. The normalized spacial score (nSPS) is 18.4. The highest BCUT2D eigenvalue weighted by Gasteiger charge is 2.25. The van der Waals surface area contributed by atoms with Gasteiger partial charge in [0, 0.05) is 34.6 Å². The first-order valence-electron chi connectivity index (χ1n) is 6.59. The molecule has 1 N–H and O–H groups in total. The minimum absolute atomic E-state index is 0.412. The van der Waals surface area contributed by atoms with Crippen LogP contribution in [0, 0.1) is 3.57 Å². The Morgan fingerprint density at radius 3 is 2.58 bits per heavy atom. The predicted molar refractivity (Wildman–Crippen MR) is 89.8 cm³/mol. The van der Waals surface area contributed by atoms with Crippen molar-refractivity contribution in [3.63, 3.8) is 0 Å². The number of rotatable bonds is 3. The molecule has 1 aliphatic rings. The predicted octanol–water partition coefficient (Wildman–Crippen LogP) is 3.35. The van der Waals surface area contributed by atoms with Crippen molar-refractivity contribution in [2.24, 2.45) is 0 Å². The topological polar surface area (TPSA) is 15.3 Å². The van der Waals surface area contributed by atoms with E-state index < -0.39 is 0 Å². The Bertz CT molecular complexity index is 521. The summed E-state index contributed by atoms with van der Waals surface area (Å²) in [6.45, 7) is 4.41. The molecule has 1 aromatic carbocycles. The average molecular weight is 384 g/mol. The number of benzene rings is 1. The summed E-state index contributed by atoms with van der Waals surface area (Å²) in [4.78, 5) is 4.05. The molecule has 0 unspecified atom stereocenters. The van der Waals surface area contributed by atoms with Gasteiger partial charge >= 0.3 is 0 Å². The van der Waals surface area contributed by atoms with Gasteiger partial charge in [0.2, 0.25) is 0 Å². The van der Waals surface area contributed by atoms with Crippen LogP contribution in [-0.2, 0) is 0 Å². The summed E-state index contributed by atoms with van der Waals surface area (Å²) >= 11 is 4.32. The highest BCUT2D eigenvalue weighted by molar-refractivity contribution is 14.1. The van der Waals surface area contributed by atoms with Crippen LogP contribution in [0.5, 0.6) is 0 Å². The summed E-state index contributed by atoms with van der Waals surface area (Å²) < 4.78 is 1.36. The van der Waals surface area contributed by atoms with Crippen molar-refractivity contribution < 1.29 is 0 Å². The number of piperazine rings is 1. The van der Waals surface area contributed by atoms with Gasteiger partial charge < -0.3 is 5.32 Å². The Morgan fingerprint density at radius 2 is 1.89 bits per heavy atom. The highest BCUT2D eigenvalue weighted by Crippen LogP contribution is 2.34. The molecule has 0 bridgehead atoms. The molecule has 0 aliphatic carbocycles. The maximum absolute atomic E-state index is 3.44. The van der Waals surface area contributed by atoms with Crippen molar-refractivity contribution in [2.75, 3.05) is 26.2 Å². The van der Waals surface area contributed by atoms with Crippen LogP contribution in [0.2, 0.25) is 0 Å². The lowest BCUT2D eigenvalue weighted by atomic mass is 10.0. The largest absolute Gasteiger partial charge is 0.314 e. The van der Waals surface area contributed by atoms with Crippen molar-refractivity contribution in [1.82, 2.24) is 10.2 Å². The van der Waals surface area contributed by atoms with Crippen molar-refractivity contribution in [1.29, 1.82) is 0 Å². The number of hydrogen-bond acceptors (Lipinski definition) is 3. The molecule has 1 aliphatic heterocycles. The second-order valence-electron chi connectivity index (χ2n) is 4.73. The third-order valence-corrected chi connectivity index (χ3v) is 5.44. The maximum Gasteiger partial charge on any atom is 0.0707 e. The monoisotopic (exact) mass is 384 g/mol. The second-order valence-corrected chi connectivity index (χ2v) is 6.87. The van der Waals surface area contributed by atoms with Gasteiger partial charge in [-0.15, -0.1) is 11.3 Å². The highest BCUT2D eigenvalue weighted by atomic mass is 127. The van der Waals surface area contributed by atoms with E-state index in [1.807, 2.05) is 11.3 Å². The quantitative estimate of drug-likeness (QED) is 0.817. The molecular weight excluding hydrogens is 367 g/mol. The van der Waals surface area contributed by atoms with E-state index in [9.17, 15) is 0 Å². The summed E-state index contributed by atoms with van der Waals surface area (Å²) in [6, 6.07) is 13.6. The van der Waals surface area contributed by atoms with E-state index in [0.717, 1.165) is 26.2 Å². The standard InChI is InChI=1S/C15H17IN2S/c16-13-5-2-1-4-12(13)15(14-6-3-11-19-14)18-9-7-17-8-10-18/h1-6,11,15,17H,7-10H2/t15-/m1/s1. The molecule has 0 amide bonds. The van der Waals surface area contributed by atoms with E-state index in [2.05, 4.69) is 74.6 Å². The van der Waals surface area contributed by atoms with Gasteiger partial charge in [0.1, 0.15) is 0 Å². The molecule has 4 heteroatoms. The summed E-state index contributed by atoms with van der Waals surface area (Å²) in [5.41, 5.74) is 1.44. The van der Waals surface area contributed by atoms with Gasteiger partial charge in [-0.05, 0) is 45.7 Å². The van der Waals surface area contributed by atoms with Gasteiger partial charge in [-0.25, -0.2) is 0 Å². The van der Waals surface area contributed by atoms with E-state index >= 15 is 0 Å². The van der Waals surface area contributed by atoms with Crippen LogP contribution in [0.4, 0.5) is 0 Å². The number of thiophene rings is 1. The number of nitrogens with zero attached hydrogens (tertiary/aromatic N) is 1. The lowest BCUT2D eigenvalue weighted by Crippen LogP contribution is -2.45. The summed E-state index contributed by atoms with van der Waals surface area (Å²) in [6.07, 6.45) is 0. The summed E-state index contributed by atoms with van der Waals surface area (Å²) in [5, 5.41) is 5.62.